The number of benzene rings is 1. The van der Waals surface area contributed by atoms with Crippen molar-refractivity contribution in [3.8, 4) is 5.75 Å². The molecule has 1 saturated carbocycles. The van der Waals surface area contributed by atoms with Gasteiger partial charge in [-0.25, -0.2) is 0 Å². The molecule has 0 saturated heterocycles. The van der Waals surface area contributed by atoms with Gasteiger partial charge in [-0.1, -0.05) is 29.9 Å². The zero-order valence-electron chi connectivity index (χ0n) is 14.1. The SMILES string of the molecule is COc1cccc(Cc2nnc(NC(=O)C3CCCC(N)C3)s2)c1.Cl. The topological polar surface area (TPSA) is 90.1 Å². The lowest BCUT2D eigenvalue weighted by molar-refractivity contribution is -0.120. The number of ether oxygens (including phenoxy) is 1. The fourth-order valence-corrected chi connectivity index (χ4v) is 3.78. The number of halogens is 1. The summed E-state index contributed by atoms with van der Waals surface area (Å²) in [6, 6.07) is 7.98. The second-order valence-electron chi connectivity index (χ2n) is 6.14. The third-order valence-corrected chi connectivity index (χ3v) is 5.11. The Balaban J connectivity index is 0.00000225. The van der Waals surface area contributed by atoms with Crippen molar-refractivity contribution in [2.45, 2.75) is 38.1 Å². The standard InChI is InChI=1S/C17H22N4O2S.ClH/c1-23-14-7-2-4-11(8-14)9-15-20-21-17(24-15)19-16(22)12-5-3-6-13(18)10-12;/h2,4,7-8,12-13H,3,5-6,9-10,18H2,1H3,(H,19,21,22);1H. The maximum atomic E-state index is 12.3. The average molecular weight is 383 g/mol. The summed E-state index contributed by atoms with van der Waals surface area (Å²) < 4.78 is 5.23. The summed E-state index contributed by atoms with van der Waals surface area (Å²) in [7, 11) is 1.65. The smallest absolute Gasteiger partial charge is 0.229 e. The van der Waals surface area contributed by atoms with E-state index in [9.17, 15) is 4.79 Å². The van der Waals surface area contributed by atoms with E-state index in [2.05, 4.69) is 15.5 Å². The van der Waals surface area contributed by atoms with Crippen LogP contribution in [0.5, 0.6) is 5.75 Å². The van der Waals surface area contributed by atoms with Gasteiger partial charge in [-0.3, -0.25) is 4.79 Å². The monoisotopic (exact) mass is 382 g/mol. The van der Waals surface area contributed by atoms with E-state index in [0.717, 1.165) is 42.0 Å². The predicted octanol–water partition coefficient (Wildman–Crippen LogP) is 3.02. The van der Waals surface area contributed by atoms with Gasteiger partial charge in [-0.05, 0) is 37.0 Å². The van der Waals surface area contributed by atoms with Crippen molar-refractivity contribution in [2.24, 2.45) is 11.7 Å². The molecule has 1 aromatic heterocycles. The minimum Gasteiger partial charge on any atom is -0.497 e. The van der Waals surface area contributed by atoms with Gasteiger partial charge in [0.2, 0.25) is 11.0 Å². The van der Waals surface area contributed by atoms with E-state index in [4.69, 9.17) is 10.5 Å². The van der Waals surface area contributed by atoms with Crippen LogP contribution in [0.2, 0.25) is 0 Å². The third-order valence-electron chi connectivity index (χ3n) is 4.27. The fraction of sp³-hybridized carbons (Fsp3) is 0.471. The first-order valence-electron chi connectivity index (χ1n) is 8.16. The Bertz CT molecular complexity index is 709. The number of nitrogens with zero attached hydrogens (tertiary/aromatic N) is 2. The van der Waals surface area contributed by atoms with E-state index in [0.29, 0.717) is 11.6 Å². The molecule has 1 aromatic carbocycles. The molecule has 1 fully saturated rings. The first-order chi connectivity index (χ1) is 11.6. The number of aromatic nitrogens is 2. The second kappa shape index (κ2) is 9.12. The first-order valence-corrected chi connectivity index (χ1v) is 8.97. The Morgan fingerprint density at radius 2 is 2.24 bits per heavy atom. The number of carbonyl (C=O) groups excluding carboxylic acids is 1. The lowest BCUT2D eigenvalue weighted by Crippen LogP contribution is -2.34. The highest BCUT2D eigenvalue weighted by molar-refractivity contribution is 7.15. The zero-order valence-corrected chi connectivity index (χ0v) is 15.7. The highest BCUT2D eigenvalue weighted by atomic mass is 35.5. The van der Waals surface area contributed by atoms with Crippen LogP contribution < -0.4 is 15.8 Å². The molecule has 1 heterocycles. The van der Waals surface area contributed by atoms with Crippen LogP contribution in [-0.4, -0.2) is 29.3 Å². The number of nitrogens with two attached hydrogens (primary N) is 1. The largest absolute Gasteiger partial charge is 0.497 e. The summed E-state index contributed by atoms with van der Waals surface area (Å²) in [5, 5.41) is 12.6. The number of carbonyl (C=O) groups is 1. The number of methoxy groups -OCH3 is 1. The van der Waals surface area contributed by atoms with Crippen molar-refractivity contribution in [3.63, 3.8) is 0 Å². The molecule has 1 aliphatic carbocycles. The predicted molar refractivity (Wildman–Crippen MR) is 102 cm³/mol. The number of hydrogen-bond acceptors (Lipinski definition) is 6. The summed E-state index contributed by atoms with van der Waals surface area (Å²) in [6.07, 6.45) is 4.33. The average Bonchev–Trinajstić information content (AvgIpc) is 3.02. The molecule has 0 aliphatic heterocycles. The van der Waals surface area contributed by atoms with Crippen LogP contribution in [0.25, 0.3) is 0 Å². The molecule has 0 bridgehead atoms. The Hall–Kier alpha value is -1.70. The third kappa shape index (κ3) is 5.39. The quantitative estimate of drug-likeness (QED) is 0.829. The summed E-state index contributed by atoms with van der Waals surface area (Å²) in [5.74, 6) is 0.813. The number of hydrogen-bond donors (Lipinski definition) is 2. The minimum atomic E-state index is -0.0144. The van der Waals surface area contributed by atoms with Crippen LogP contribution >= 0.6 is 23.7 Å². The molecule has 136 valence electrons. The Labute approximate surface area is 157 Å². The van der Waals surface area contributed by atoms with E-state index in [-0.39, 0.29) is 30.3 Å². The van der Waals surface area contributed by atoms with E-state index in [1.807, 2.05) is 24.3 Å². The molecule has 25 heavy (non-hydrogen) atoms. The van der Waals surface area contributed by atoms with Crippen LogP contribution in [-0.2, 0) is 11.2 Å². The molecule has 3 N–H and O–H groups in total. The maximum Gasteiger partial charge on any atom is 0.229 e. The summed E-state index contributed by atoms with van der Waals surface area (Å²) >= 11 is 1.41. The molecule has 2 aromatic rings. The maximum absolute atomic E-state index is 12.3. The van der Waals surface area contributed by atoms with Crippen molar-refractivity contribution < 1.29 is 9.53 Å². The Morgan fingerprint density at radius 3 is 3.00 bits per heavy atom. The van der Waals surface area contributed by atoms with E-state index >= 15 is 0 Å². The van der Waals surface area contributed by atoms with Crippen LogP contribution in [0, 0.1) is 5.92 Å². The number of amides is 1. The molecule has 8 heteroatoms. The van der Waals surface area contributed by atoms with E-state index in [1.54, 1.807) is 7.11 Å². The van der Waals surface area contributed by atoms with Gasteiger partial charge in [0.15, 0.2) is 0 Å². The highest BCUT2D eigenvalue weighted by Crippen LogP contribution is 2.26. The number of rotatable bonds is 5. The highest BCUT2D eigenvalue weighted by Gasteiger charge is 2.26. The molecule has 1 aliphatic rings. The van der Waals surface area contributed by atoms with E-state index in [1.165, 1.54) is 11.3 Å². The molecule has 0 radical (unpaired) electrons. The normalized spacial score (nSPS) is 19.8. The van der Waals surface area contributed by atoms with Gasteiger partial charge in [0.1, 0.15) is 10.8 Å². The van der Waals surface area contributed by atoms with E-state index < -0.39 is 0 Å². The fourth-order valence-electron chi connectivity index (χ4n) is 3.01. The lowest BCUT2D eigenvalue weighted by Gasteiger charge is -2.25. The molecule has 2 atom stereocenters. The summed E-state index contributed by atoms with van der Waals surface area (Å²) in [4.78, 5) is 12.3. The summed E-state index contributed by atoms with van der Waals surface area (Å²) in [6.45, 7) is 0. The Kier molecular flexibility index (Phi) is 7.16. The van der Waals surface area contributed by atoms with Gasteiger partial charge in [-0.15, -0.1) is 22.6 Å². The zero-order chi connectivity index (χ0) is 16.9. The van der Waals surface area contributed by atoms with Crippen molar-refractivity contribution in [1.82, 2.24) is 10.2 Å². The number of anilines is 1. The molecule has 1 amide bonds. The number of nitrogens with one attached hydrogen (secondary N) is 1. The molecule has 0 spiro atoms. The van der Waals surface area contributed by atoms with Gasteiger partial charge in [-0.2, -0.15) is 0 Å². The van der Waals surface area contributed by atoms with Crippen molar-refractivity contribution in [1.29, 1.82) is 0 Å². The summed E-state index contributed by atoms with van der Waals surface area (Å²) in [5.41, 5.74) is 7.05. The van der Waals surface area contributed by atoms with Gasteiger partial charge in [0, 0.05) is 18.4 Å². The van der Waals surface area contributed by atoms with Crippen molar-refractivity contribution >= 4 is 34.8 Å². The second-order valence-corrected chi connectivity index (χ2v) is 7.20. The van der Waals surface area contributed by atoms with Crippen LogP contribution in [0.15, 0.2) is 24.3 Å². The van der Waals surface area contributed by atoms with Crippen molar-refractivity contribution in [2.75, 3.05) is 12.4 Å². The molecule has 3 rings (SSSR count). The van der Waals surface area contributed by atoms with Gasteiger partial charge >= 0.3 is 0 Å². The van der Waals surface area contributed by atoms with Crippen molar-refractivity contribution in [3.05, 3.63) is 34.8 Å². The Morgan fingerprint density at radius 1 is 1.40 bits per heavy atom. The molecule has 6 nitrogen and oxygen atoms in total. The minimum absolute atomic E-state index is 0. The molecular weight excluding hydrogens is 360 g/mol. The lowest BCUT2D eigenvalue weighted by atomic mass is 9.86. The van der Waals surface area contributed by atoms with Gasteiger partial charge in [0.05, 0.1) is 7.11 Å². The van der Waals surface area contributed by atoms with Crippen LogP contribution in [0.3, 0.4) is 0 Å². The van der Waals surface area contributed by atoms with Gasteiger partial charge < -0.3 is 15.8 Å². The van der Waals surface area contributed by atoms with Gasteiger partial charge in [0.25, 0.3) is 0 Å². The van der Waals surface area contributed by atoms with Crippen LogP contribution in [0.1, 0.15) is 36.3 Å². The van der Waals surface area contributed by atoms with Crippen LogP contribution in [0.4, 0.5) is 5.13 Å². The molecular formula is C17H23ClN4O2S. The first kappa shape index (κ1) is 19.6. The molecule has 2 unspecified atom stereocenters.